The van der Waals surface area contributed by atoms with Gasteiger partial charge in [-0.3, -0.25) is 0 Å². The van der Waals surface area contributed by atoms with Crippen LogP contribution < -0.4 is 0 Å². The van der Waals surface area contributed by atoms with Crippen LogP contribution in [0.1, 0.15) is 33.9 Å². The molecule has 0 aromatic heterocycles. The lowest BCUT2D eigenvalue weighted by Gasteiger charge is -2.23. The van der Waals surface area contributed by atoms with E-state index >= 15 is 0 Å². The Bertz CT molecular complexity index is 1030. The number of hydrogen-bond donors (Lipinski definition) is 3. The minimum absolute atomic E-state index is 0.0831. The molecule has 0 unspecified atom stereocenters. The van der Waals surface area contributed by atoms with E-state index in [0.29, 0.717) is 0 Å². The van der Waals surface area contributed by atoms with E-state index in [1.54, 1.807) is 6.08 Å². The Hall–Kier alpha value is -2.20. The van der Waals surface area contributed by atoms with Crippen molar-refractivity contribution in [2.45, 2.75) is 31.7 Å². The van der Waals surface area contributed by atoms with Crippen LogP contribution in [0.25, 0.3) is 27.6 Å². The van der Waals surface area contributed by atoms with Crippen molar-refractivity contribution in [3.8, 4) is 0 Å². The van der Waals surface area contributed by atoms with E-state index in [2.05, 4.69) is 18.2 Å². The van der Waals surface area contributed by atoms with E-state index in [0.717, 1.165) is 34.9 Å². The highest BCUT2D eigenvalue weighted by atomic mass is 16.3. The number of aliphatic hydroxyl groups excluding tert-OH is 3. The molecular weight excluding hydrogens is 300 g/mol. The van der Waals surface area contributed by atoms with E-state index in [1.807, 2.05) is 18.2 Å². The summed E-state index contributed by atoms with van der Waals surface area (Å²) in [4.78, 5) is 0. The van der Waals surface area contributed by atoms with Crippen molar-refractivity contribution in [1.29, 1.82) is 0 Å². The Morgan fingerprint density at radius 3 is 2.62 bits per heavy atom. The van der Waals surface area contributed by atoms with Gasteiger partial charge in [-0.1, -0.05) is 36.4 Å². The summed E-state index contributed by atoms with van der Waals surface area (Å²) in [5, 5.41) is 34.6. The first-order valence-corrected chi connectivity index (χ1v) is 8.37. The second-order valence-corrected chi connectivity index (χ2v) is 6.77. The summed E-state index contributed by atoms with van der Waals surface area (Å²) >= 11 is 0. The molecule has 3 nitrogen and oxygen atoms in total. The van der Waals surface area contributed by atoms with Gasteiger partial charge in [0.2, 0.25) is 0 Å². The molecule has 0 fully saturated rings. The van der Waals surface area contributed by atoms with Crippen LogP contribution in [-0.4, -0.2) is 21.4 Å². The lowest BCUT2D eigenvalue weighted by atomic mass is 9.86. The maximum absolute atomic E-state index is 10.3. The molecule has 2 atom stereocenters. The van der Waals surface area contributed by atoms with Crippen LogP contribution in [0.4, 0.5) is 0 Å². The third kappa shape index (κ3) is 1.72. The molecule has 0 saturated heterocycles. The quantitative estimate of drug-likeness (QED) is 0.605. The molecule has 0 radical (unpaired) electrons. The monoisotopic (exact) mass is 318 g/mol. The molecule has 3 aromatic carbocycles. The van der Waals surface area contributed by atoms with E-state index in [4.69, 9.17) is 0 Å². The smallest absolute Gasteiger partial charge is 0.109 e. The number of benzene rings is 3. The Morgan fingerprint density at radius 2 is 1.79 bits per heavy atom. The Morgan fingerprint density at radius 1 is 0.958 bits per heavy atom. The molecule has 0 spiro atoms. The maximum Gasteiger partial charge on any atom is 0.109 e. The molecule has 3 aromatic rings. The molecule has 0 aliphatic heterocycles. The van der Waals surface area contributed by atoms with Gasteiger partial charge in [-0.2, -0.15) is 0 Å². The van der Waals surface area contributed by atoms with E-state index < -0.39 is 12.2 Å². The lowest BCUT2D eigenvalue weighted by Crippen LogP contribution is -2.19. The van der Waals surface area contributed by atoms with Gasteiger partial charge in [0.15, 0.2) is 0 Å². The first kappa shape index (κ1) is 14.2. The Balaban J connectivity index is 1.90. The average Bonchev–Trinajstić information content (AvgIpc) is 3.05. The zero-order valence-electron chi connectivity index (χ0n) is 13.2. The third-order valence-electron chi connectivity index (χ3n) is 5.59. The van der Waals surface area contributed by atoms with Crippen LogP contribution in [0.2, 0.25) is 0 Å². The topological polar surface area (TPSA) is 60.7 Å². The van der Waals surface area contributed by atoms with Crippen LogP contribution in [-0.2, 0) is 19.4 Å². The van der Waals surface area contributed by atoms with Gasteiger partial charge in [0, 0.05) is 0 Å². The lowest BCUT2D eigenvalue weighted by molar-refractivity contribution is 0.0471. The van der Waals surface area contributed by atoms with E-state index in [1.165, 1.54) is 27.3 Å². The van der Waals surface area contributed by atoms with Crippen LogP contribution in [0, 0.1) is 0 Å². The highest BCUT2D eigenvalue weighted by molar-refractivity contribution is 6.08. The maximum atomic E-state index is 10.3. The summed E-state index contributed by atoms with van der Waals surface area (Å²) in [6.07, 6.45) is 3.82. The third-order valence-corrected chi connectivity index (χ3v) is 5.59. The van der Waals surface area contributed by atoms with Gasteiger partial charge >= 0.3 is 0 Å². The fourth-order valence-corrected chi connectivity index (χ4v) is 4.42. The van der Waals surface area contributed by atoms with Crippen LogP contribution in [0.15, 0.2) is 36.4 Å². The summed E-state index contributed by atoms with van der Waals surface area (Å²) in [5.41, 5.74) is 5.43. The molecule has 3 heteroatoms. The highest BCUT2D eigenvalue weighted by Crippen LogP contribution is 2.42. The molecule has 2 aliphatic rings. The van der Waals surface area contributed by atoms with Gasteiger partial charge in [0.1, 0.15) is 12.2 Å². The normalized spacial score (nSPS) is 21.6. The van der Waals surface area contributed by atoms with Gasteiger partial charge in [-0.15, -0.1) is 0 Å². The summed E-state index contributed by atoms with van der Waals surface area (Å²) in [6, 6.07) is 10.3. The summed E-state index contributed by atoms with van der Waals surface area (Å²) in [7, 11) is 0. The number of aryl methyl sites for hydroxylation is 2. The molecule has 120 valence electrons. The predicted molar refractivity (Wildman–Crippen MR) is 94.8 cm³/mol. The molecule has 5 rings (SSSR count). The van der Waals surface area contributed by atoms with Crippen molar-refractivity contribution in [2.75, 3.05) is 0 Å². The second kappa shape index (κ2) is 4.90. The summed E-state index contributed by atoms with van der Waals surface area (Å²) in [5.74, 6) is 0. The molecular formula is C21H18O3. The van der Waals surface area contributed by atoms with Crippen molar-refractivity contribution in [1.82, 2.24) is 0 Å². The van der Waals surface area contributed by atoms with E-state index in [-0.39, 0.29) is 6.61 Å². The fourth-order valence-electron chi connectivity index (χ4n) is 4.42. The second-order valence-electron chi connectivity index (χ2n) is 6.77. The minimum Gasteiger partial charge on any atom is -0.392 e. The first-order valence-electron chi connectivity index (χ1n) is 8.37. The molecule has 3 N–H and O–H groups in total. The van der Waals surface area contributed by atoms with Crippen LogP contribution in [0.3, 0.4) is 0 Å². The zero-order valence-corrected chi connectivity index (χ0v) is 13.2. The minimum atomic E-state index is -0.869. The molecule has 0 saturated carbocycles. The van der Waals surface area contributed by atoms with Crippen molar-refractivity contribution >= 4 is 27.6 Å². The average molecular weight is 318 g/mol. The Kier molecular flexibility index (Phi) is 2.89. The summed E-state index contributed by atoms with van der Waals surface area (Å²) in [6.45, 7) is 0.0831. The first-order chi connectivity index (χ1) is 11.7. The van der Waals surface area contributed by atoms with Crippen molar-refractivity contribution < 1.29 is 15.3 Å². The van der Waals surface area contributed by atoms with Gasteiger partial charge in [0.05, 0.1) is 6.61 Å². The number of aliphatic hydroxyl groups is 3. The van der Waals surface area contributed by atoms with Crippen molar-refractivity contribution in [2.24, 2.45) is 0 Å². The van der Waals surface area contributed by atoms with Crippen molar-refractivity contribution in [3.05, 3.63) is 64.2 Å². The standard InChI is InChI=1S/C21H18O3/c22-10-12-2-1-11-9-18-14(16-5-3-13(12)20(11)16)4-6-17-15(18)7-8-19(23)21(17)24/h1-2,4,6-9,19,21-24H,3,5,10H2/t19-,21-/m0/s1. The van der Waals surface area contributed by atoms with E-state index in [9.17, 15) is 15.3 Å². The highest BCUT2D eigenvalue weighted by Gasteiger charge is 2.26. The fraction of sp³-hybridized carbons (Fsp3) is 0.238. The van der Waals surface area contributed by atoms with Gasteiger partial charge in [-0.05, 0) is 68.3 Å². The molecule has 2 aliphatic carbocycles. The van der Waals surface area contributed by atoms with Gasteiger partial charge < -0.3 is 15.3 Å². The number of rotatable bonds is 1. The summed E-state index contributed by atoms with van der Waals surface area (Å²) < 4.78 is 0. The Labute approximate surface area is 139 Å². The predicted octanol–water partition coefficient (Wildman–Crippen LogP) is 3.01. The van der Waals surface area contributed by atoms with Crippen LogP contribution >= 0.6 is 0 Å². The number of fused-ring (bicyclic) bond motifs is 4. The molecule has 0 bridgehead atoms. The van der Waals surface area contributed by atoms with Crippen LogP contribution in [0.5, 0.6) is 0 Å². The van der Waals surface area contributed by atoms with Gasteiger partial charge in [0.25, 0.3) is 0 Å². The molecule has 0 heterocycles. The zero-order chi connectivity index (χ0) is 16.4. The largest absolute Gasteiger partial charge is 0.392 e. The SMILES string of the molecule is OCc1ccc2cc3c4c(ccc3c3c2c1CC3)[C@H](O)[C@@H](O)C=C4. The molecule has 24 heavy (non-hydrogen) atoms. The van der Waals surface area contributed by atoms with Gasteiger partial charge in [-0.25, -0.2) is 0 Å². The number of hydrogen-bond acceptors (Lipinski definition) is 3. The molecule has 0 amide bonds. The van der Waals surface area contributed by atoms with Crippen molar-refractivity contribution in [3.63, 3.8) is 0 Å².